The van der Waals surface area contributed by atoms with Gasteiger partial charge in [0.1, 0.15) is 5.52 Å². The number of aromatic nitrogens is 2. The van der Waals surface area contributed by atoms with Gasteiger partial charge < -0.3 is 9.80 Å². The predicted octanol–water partition coefficient (Wildman–Crippen LogP) is 3.71. The molecule has 0 saturated carbocycles. The minimum absolute atomic E-state index is 0.743. The lowest BCUT2D eigenvalue weighted by molar-refractivity contribution is 0.247. The van der Waals surface area contributed by atoms with Crippen LogP contribution in [0.2, 0.25) is 0 Å². The van der Waals surface area contributed by atoms with Crippen molar-refractivity contribution in [3.63, 3.8) is 0 Å². The van der Waals surface area contributed by atoms with Gasteiger partial charge in [0.05, 0.1) is 5.69 Å². The second kappa shape index (κ2) is 6.59. The summed E-state index contributed by atoms with van der Waals surface area (Å²) < 4.78 is 5.02. The first-order chi connectivity index (χ1) is 12.8. The highest BCUT2D eigenvalue weighted by Crippen LogP contribution is 2.35. The van der Waals surface area contributed by atoms with Gasteiger partial charge in [-0.15, -0.1) is 12.6 Å². The summed E-state index contributed by atoms with van der Waals surface area (Å²) in [6.07, 6.45) is 2.71. The lowest BCUT2D eigenvalue weighted by Crippen LogP contribution is -2.51. The van der Waals surface area contributed by atoms with E-state index in [0.29, 0.717) is 0 Å². The summed E-state index contributed by atoms with van der Waals surface area (Å²) in [5.41, 5.74) is 5.06. The Kier molecular flexibility index (Phi) is 4.10. The van der Waals surface area contributed by atoms with E-state index in [-0.39, 0.29) is 0 Å². The van der Waals surface area contributed by atoms with E-state index in [1.165, 1.54) is 32.5 Å². The summed E-state index contributed by atoms with van der Waals surface area (Å²) in [7, 11) is 0. The normalized spacial score (nSPS) is 18.6. The zero-order chi connectivity index (χ0) is 17.5. The van der Waals surface area contributed by atoms with Gasteiger partial charge in [-0.1, -0.05) is 12.1 Å². The van der Waals surface area contributed by atoms with Crippen molar-refractivity contribution in [1.82, 2.24) is 15.2 Å². The van der Waals surface area contributed by atoms with E-state index in [1.54, 1.807) is 0 Å². The molecule has 0 aliphatic carbocycles. The van der Waals surface area contributed by atoms with E-state index in [2.05, 4.69) is 50.9 Å². The maximum absolute atomic E-state index is 5.02. The summed E-state index contributed by atoms with van der Waals surface area (Å²) >= 11 is 4.47. The maximum atomic E-state index is 5.02. The fourth-order valence-electron chi connectivity index (χ4n) is 4.18. The molecule has 0 atom stereocenters. The fraction of sp³-hybridized carbons (Fsp3) is 0.400. The van der Waals surface area contributed by atoms with Gasteiger partial charge in [-0.05, 0) is 71.6 Å². The van der Waals surface area contributed by atoms with Gasteiger partial charge in [-0.25, -0.2) is 4.63 Å². The lowest BCUT2D eigenvalue weighted by Gasteiger charge is -2.42. The Morgan fingerprint density at radius 2 is 1.88 bits per heavy atom. The highest BCUT2D eigenvalue weighted by Gasteiger charge is 2.31. The molecule has 0 bridgehead atoms. The molecule has 2 saturated heterocycles. The Morgan fingerprint density at radius 3 is 2.69 bits per heavy atom. The summed E-state index contributed by atoms with van der Waals surface area (Å²) in [5.74, 6) is 0.743. The van der Waals surface area contributed by atoms with Gasteiger partial charge in [-0.3, -0.25) is 0 Å². The number of nitrogens with zero attached hydrogens (tertiary/aromatic N) is 4. The third kappa shape index (κ3) is 2.97. The Morgan fingerprint density at radius 1 is 1.04 bits per heavy atom. The molecule has 6 heteroatoms. The summed E-state index contributed by atoms with van der Waals surface area (Å²) in [6.45, 7) is 5.91. The first kappa shape index (κ1) is 16.1. The van der Waals surface area contributed by atoms with Crippen molar-refractivity contribution >= 4 is 29.3 Å². The number of likely N-dealkylation sites (tertiary alicyclic amines) is 1. The third-order valence-electron chi connectivity index (χ3n) is 5.53. The van der Waals surface area contributed by atoms with E-state index in [1.807, 2.05) is 18.2 Å². The molecule has 2 aliphatic heterocycles. The van der Waals surface area contributed by atoms with E-state index >= 15 is 0 Å². The van der Waals surface area contributed by atoms with Crippen LogP contribution in [0.3, 0.4) is 0 Å². The van der Waals surface area contributed by atoms with Crippen LogP contribution in [0.5, 0.6) is 0 Å². The molecule has 0 unspecified atom stereocenters. The SMILES string of the molecule is Sc1cccc(-c2cc(N3CC(CN4CCCC4)C3)c3nonc3c2)c1. The van der Waals surface area contributed by atoms with Gasteiger partial charge >= 0.3 is 0 Å². The Hall–Kier alpha value is -2.05. The highest BCUT2D eigenvalue weighted by molar-refractivity contribution is 7.80. The fourth-order valence-corrected chi connectivity index (χ4v) is 4.40. The molecule has 0 radical (unpaired) electrons. The van der Waals surface area contributed by atoms with Crippen molar-refractivity contribution in [2.45, 2.75) is 17.7 Å². The molecule has 5 nitrogen and oxygen atoms in total. The molecule has 5 rings (SSSR count). The van der Waals surface area contributed by atoms with Crippen LogP contribution in [0, 0.1) is 5.92 Å². The van der Waals surface area contributed by atoms with Crippen LogP contribution in [-0.2, 0) is 0 Å². The molecule has 3 heterocycles. The molecule has 1 aromatic heterocycles. The molecule has 2 aromatic carbocycles. The topological polar surface area (TPSA) is 45.4 Å². The molecule has 0 amide bonds. The molecular formula is C20H22N4OS. The molecule has 2 aliphatic rings. The van der Waals surface area contributed by atoms with Crippen LogP contribution in [0.25, 0.3) is 22.2 Å². The van der Waals surface area contributed by atoms with Gasteiger partial charge in [-0.2, -0.15) is 0 Å². The minimum Gasteiger partial charge on any atom is -0.369 e. The monoisotopic (exact) mass is 366 g/mol. The van der Waals surface area contributed by atoms with Gasteiger partial charge in [0, 0.05) is 30.4 Å². The third-order valence-corrected chi connectivity index (χ3v) is 5.81. The second-order valence-corrected chi connectivity index (χ2v) is 7.97. The lowest BCUT2D eigenvalue weighted by atomic mass is 9.96. The first-order valence-electron chi connectivity index (χ1n) is 9.29. The number of fused-ring (bicyclic) bond motifs is 1. The van der Waals surface area contributed by atoms with Crippen LogP contribution in [0.15, 0.2) is 45.9 Å². The first-order valence-corrected chi connectivity index (χ1v) is 9.74. The Bertz CT molecular complexity index is 928. The van der Waals surface area contributed by atoms with Crippen molar-refractivity contribution < 1.29 is 4.63 Å². The molecular weight excluding hydrogens is 344 g/mol. The second-order valence-electron chi connectivity index (χ2n) is 7.46. The predicted molar refractivity (Wildman–Crippen MR) is 106 cm³/mol. The number of hydrogen-bond acceptors (Lipinski definition) is 6. The number of anilines is 1. The van der Waals surface area contributed by atoms with E-state index < -0.39 is 0 Å². The molecule has 0 N–H and O–H groups in total. The van der Waals surface area contributed by atoms with Crippen molar-refractivity contribution in [1.29, 1.82) is 0 Å². The van der Waals surface area contributed by atoms with Gasteiger partial charge in [0.15, 0.2) is 5.52 Å². The Labute approximate surface area is 158 Å². The minimum atomic E-state index is 0.743. The number of thiol groups is 1. The van der Waals surface area contributed by atoms with Gasteiger partial charge in [0.25, 0.3) is 0 Å². The summed E-state index contributed by atoms with van der Waals surface area (Å²) in [4.78, 5) is 5.96. The van der Waals surface area contributed by atoms with E-state index in [9.17, 15) is 0 Å². The average molecular weight is 366 g/mol. The van der Waals surface area contributed by atoms with Gasteiger partial charge in [0.2, 0.25) is 0 Å². The van der Waals surface area contributed by atoms with E-state index in [4.69, 9.17) is 4.63 Å². The molecule has 0 spiro atoms. The molecule has 26 heavy (non-hydrogen) atoms. The molecule has 134 valence electrons. The standard InChI is InChI=1S/C20H22N4OS/c26-17-5-3-4-15(8-17)16-9-18-20(22-25-21-18)19(10-16)24-12-14(13-24)11-23-6-1-2-7-23/h3-5,8-10,14,26H,1-2,6-7,11-13H2. The molecule has 2 fully saturated rings. The van der Waals surface area contributed by atoms with Crippen molar-refractivity contribution in [3.8, 4) is 11.1 Å². The van der Waals surface area contributed by atoms with Crippen molar-refractivity contribution in [3.05, 3.63) is 36.4 Å². The van der Waals surface area contributed by atoms with Crippen LogP contribution >= 0.6 is 12.6 Å². The Balaban J connectivity index is 1.41. The average Bonchev–Trinajstić information content (AvgIpc) is 3.28. The quantitative estimate of drug-likeness (QED) is 0.713. The number of hydrogen-bond donors (Lipinski definition) is 1. The van der Waals surface area contributed by atoms with Crippen LogP contribution in [0.4, 0.5) is 5.69 Å². The van der Waals surface area contributed by atoms with Crippen LogP contribution < -0.4 is 4.90 Å². The summed E-state index contributed by atoms with van der Waals surface area (Å²) in [5, 5.41) is 8.24. The van der Waals surface area contributed by atoms with E-state index in [0.717, 1.165) is 51.8 Å². The smallest absolute Gasteiger partial charge is 0.158 e. The van der Waals surface area contributed by atoms with Crippen LogP contribution in [0.1, 0.15) is 12.8 Å². The maximum Gasteiger partial charge on any atom is 0.158 e. The highest BCUT2D eigenvalue weighted by atomic mass is 32.1. The number of rotatable bonds is 4. The van der Waals surface area contributed by atoms with Crippen LogP contribution in [-0.4, -0.2) is 47.9 Å². The van der Waals surface area contributed by atoms with Crippen molar-refractivity contribution in [2.24, 2.45) is 5.92 Å². The largest absolute Gasteiger partial charge is 0.369 e. The number of benzene rings is 2. The zero-order valence-corrected chi connectivity index (χ0v) is 15.5. The molecule has 3 aromatic rings. The summed E-state index contributed by atoms with van der Waals surface area (Å²) in [6, 6.07) is 12.4. The zero-order valence-electron chi connectivity index (χ0n) is 14.6. The van der Waals surface area contributed by atoms with Crippen molar-refractivity contribution in [2.75, 3.05) is 37.6 Å².